The molecular weight excluding hydrogens is 242 g/mol. The first-order valence-corrected chi connectivity index (χ1v) is 6.44. The Bertz CT molecular complexity index is 471. The second-order valence-electron chi connectivity index (χ2n) is 4.90. The molecular formula is C13H17N5O. The lowest BCUT2D eigenvalue weighted by Crippen LogP contribution is -2.29. The molecule has 1 aliphatic rings. The summed E-state index contributed by atoms with van der Waals surface area (Å²) in [7, 11) is 0. The molecule has 0 atom stereocenters. The van der Waals surface area contributed by atoms with Gasteiger partial charge >= 0.3 is 0 Å². The van der Waals surface area contributed by atoms with Crippen molar-refractivity contribution in [2.45, 2.75) is 25.7 Å². The zero-order valence-electron chi connectivity index (χ0n) is 10.7. The van der Waals surface area contributed by atoms with Crippen molar-refractivity contribution in [2.75, 3.05) is 11.9 Å². The predicted molar refractivity (Wildman–Crippen MR) is 69.9 cm³/mol. The third-order valence-electron chi connectivity index (χ3n) is 3.59. The van der Waals surface area contributed by atoms with Crippen molar-refractivity contribution in [1.29, 1.82) is 5.26 Å². The molecule has 0 spiro atoms. The largest absolute Gasteiger partial charge is 0.369 e. The van der Waals surface area contributed by atoms with Crippen molar-refractivity contribution in [1.82, 2.24) is 9.97 Å². The van der Waals surface area contributed by atoms with E-state index in [9.17, 15) is 4.79 Å². The standard InChI is InChI=1S/C13H17N5O/c14-5-11-7-18-12(8-16-11)17-6-9-1-3-10(4-2-9)13(15)19/h7-10H,1-4,6H2,(H2,15,19)(H,17,18). The van der Waals surface area contributed by atoms with Crippen LogP contribution in [-0.2, 0) is 4.79 Å². The molecule has 1 fully saturated rings. The Balaban J connectivity index is 1.77. The van der Waals surface area contributed by atoms with Crippen molar-refractivity contribution >= 4 is 11.7 Å². The number of nitrogens with two attached hydrogens (primary N) is 1. The maximum atomic E-state index is 11.1. The van der Waals surface area contributed by atoms with Crippen LogP contribution in [0.4, 0.5) is 5.82 Å². The fraction of sp³-hybridized carbons (Fsp3) is 0.538. The van der Waals surface area contributed by atoms with Crippen molar-refractivity contribution in [3.05, 3.63) is 18.1 Å². The van der Waals surface area contributed by atoms with E-state index in [-0.39, 0.29) is 11.8 Å². The van der Waals surface area contributed by atoms with Crippen LogP contribution in [0.2, 0.25) is 0 Å². The molecule has 1 heterocycles. The van der Waals surface area contributed by atoms with Gasteiger partial charge in [-0.2, -0.15) is 5.26 Å². The molecule has 6 heteroatoms. The molecule has 1 saturated carbocycles. The van der Waals surface area contributed by atoms with Crippen molar-refractivity contribution in [2.24, 2.45) is 17.6 Å². The lowest BCUT2D eigenvalue weighted by molar-refractivity contribution is -0.122. The average Bonchev–Trinajstić information content (AvgIpc) is 2.46. The van der Waals surface area contributed by atoms with Gasteiger partial charge in [0, 0.05) is 12.5 Å². The number of nitriles is 1. The summed E-state index contributed by atoms with van der Waals surface area (Å²) in [5.41, 5.74) is 5.62. The third kappa shape index (κ3) is 3.65. The number of carbonyl (C=O) groups excluding carboxylic acids is 1. The van der Waals surface area contributed by atoms with Gasteiger partial charge in [0.25, 0.3) is 0 Å². The molecule has 1 aromatic rings. The number of carbonyl (C=O) groups is 1. The number of primary amides is 1. The second-order valence-corrected chi connectivity index (χ2v) is 4.90. The van der Waals surface area contributed by atoms with Gasteiger partial charge in [0.2, 0.25) is 5.91 Å². The molecule has 2 rings (SSSR count). The Hall–Kier alpha value is -2.16. The first-order chi connectivity index (χ1) is 9.19. The molecule has 0 saturated heterocycles. The van der Waals surface area contributed by atoms with Gasteiger partial charge < -0.3 is 11.1 Å². The quantitative estimate of drug-likeness (QED) is 0.841. The minimum absolute atomic E-state index is 0.0472. The lowest BCUT2D eigenvalue weighted by Gasteiger charge is -2.26. The van der Waals surface area contributed by atoms with E-state index in [1.54, 1.807) is 6.20 Å². The van der Waals surface area contributed by atoms with E-state index in [0.29, 0.717) is 17.4 Å². The molecule has 0 unspecified atom stereocenters. The smallest absolute Gasteiger partial charge is 0.220 e. The molecule has 100 valence electrons. The van der Waals surface area contributed by atoms with E-state index >= 15 is 0 Å². The van der Waals surface area contributed by atoms with Gasteiger partial charge in [-0.25, -0.2) is 9.97 Å². The molecule has 0 aromatic carbocycles. The maximum Gasteiger partial charge on any atom is 0.220 e. The monoisotopic (exact) mass is 259 g/mol. The Morgan fingerprint density at radius 3 is 2.63 bits per heavy atom. The molecule has 1 aliphatic carbocycles. The molecule has 3 N–H and O–H groups in total. The first-order valence-electron chi connectivity index (χ1n) is 6.44. The van der Waals surface area contributed by atoms with E-state index in [1.165, 1.54) is 6.20 Å². The van der Waals surface area contributed by atoms with Gasteiger partial charge in [0.15, 0.2) is 5.69 Å². The van der Waals surface area contributed by atoms with Gasteiger partial charge in [-0.05, 0) is 31.6 Å². The highest BCUT2D eigenvalue weighted by Crippen LogP contribution is 2.28. The Morgan fingerprint density at radius 2 is 2.11 bits per heavy atom. The number of hydrogen-bond acceptors (Lipinski definition) is 5. The Labute approximate surface area is 112 Å². The molecule has 19 heavy (non-hydrogen) atoms. The van der Waals surface area contributed by atoms with Gasteiger partial charge in [-0.1, -0.05) is 0 Å². The highest BCUT2D eigenvalue weighted by atomic mass is 16.1. The van der Waals surface area contributed by atoms with E-state index in [1.807, 2.05) is 6.07 Å². The summed E-state index contributed by atoms with van der Waals surface area (Å²) in [5.74, 6) is 1.08. The summed E-state index contributed by atoms with van der Waals surface area (Å²) in [6.45, 7) is 0.812. The molecule has 6 nitrogen and oxygen atoms in total. The van der Waals surface area contributed by atoms with Crippen LogP contribution in [0.1, 0.15) is 31.4 Å². The van der Waals surface area contributed by atoms with Crippen LogP contribution in [0.3, 0.4) is 0 Å². The van der Waals surface area contributed by atoms with Crippen molar-refractivity contribution in [3.8, 4) is 6.07 Å². The number of aromatic nitrogens is 2. The summed E-state index contributed by atoms with van der Waals surface area (Å²) in [4.78, 5) is 19.1. The minimum Gasteiger partial charge on any atom is -0.369 e. The van der Waals surface area contributed by atoms with Crippen LogP contribution in [0.15, 0.2) is 12.4 Å². The minimum atomic E-state index is -0.177. The van der Waals surface area contributed by atoms with E-state index in [4.69, 9.17) is 11.0 Å². The third-order valence-corrected chi connectivity index (χ3v) is 3.59. The van der Waals surface area contributed by atoms with Crippen LogP contribution in [0.25, 0.3) is 0 Å². The van der Waals surface area contributed by atoms with Crippen LogP contribution in [0, 0.1) is 23.2 Å². The number of hydrogen-bond donors (Lipinski definition) is 2. The summed E-state index contributed by atoms with van der Waals surface area (Å²) in [6.07, 6.45) is 6.77. The Kier molecular flexibility index (Phi) is 4.29. The van der Waals surface area contributed by atoms with Gasteiger partial charge in [-0.15, -0.1) is 0 Å². The number of nitrogens with zero attached hydrogens (tertiary/aromatic N) is 3. The van der Waals surface area contributed by atoms with Gasteiger partial charge in [-0.3, -0.25) is 4.79 Å². The van der Waals surface area contributed by atoms with E-state index in [2.05, 4.69) is 15.3 Å². The molecule has 1 amide bonds. The maximum absolute atomic E-state index is 11.1. The zero-order valence-corrected chi connectivity index (χ0v) is 10.7. The zero-order chi connectivity index (χ0) is 13.7. The van der Waals surface area contributed by atoms with Gasteiger partial charge in [0.1, 0.15) is 11.9 Å². The summed E-state index contributed by atoms with van der Waals surface area (Å²) in [5, 5.41) is 11.8. The van der Waals surface area contributed by atoms with Gasteiger partial charge in [0.05, 0.1) is 12.4 Å². The number of nitrogens with one attached hydrogen (secondary N) is 1. The molecule has 1 aromatic heterocycles. The lowest BCUT2D eigenvalue weighted by atomic mass is 9.81. The summed E-state index contributed by atoms with van der Waals surface area (Å²) >= 11 is 0. The first kappa shape index (κ1) is 13.3. The van der Waals surface area contributed by atoms with Crippen molar-refractivity contribution < 1.29 is 4.79 Å². The topological polar surface area (TPSA) is 105 Å². The van der Waals surface area contributed by atoms with Crippen LogP contribution >= 0.6 is 0 Å². The Morgan fingerprint density at radius 1 is 1.37 bits per heavy atom. The number of amides is 1. The average molecular weight is 259 g/mol. The molecule has 0 bridgehead atoms. The molecule has 0 aliphatic heterocycles. The predicted octanol–water partition coefficient (Wildman–Crippen LogP) is 1.05. The summed E-state index contributed by atoms with van der Waals surface area (Å²) in [6, 6.07) is 1.93. The van der Waals surface area contributed by atoms with E-state index in [0.717, 1.165) is 32.2 Å². The fourth-order valence-corrected chi connectivity index (χ4v) is 2.38. The van der Waals surface area contributed by atoms with Crippen LogP contribution < -0.4 is 11.1 Å². The normalized spacial score (nSPS) is 22.5. The number of anilines is 1. The van der Waals surface area contributed by atoms with Crippen LogP contribution in [0.5, 0.6) is 0 Å². The summed E-state index contributed by atoms with van der Waals surface area (Å²) < 4.78 is 0. The van der Waals surface area contributed by atoms with E-state index < -0.39 is 0 Å². The fourth-order valence-electron chi connectivity index (χ4n) is 2.38. The number of rotatable bonds is 4. The second kappa shape index (κ2) is 6.14. The SMILES string of the molecule is N#Cc1cnc(NCC2CCC(C(N)=O)CC2)cn1. The van der Waals surface area contributed by atoms with Crippen molar-refractivity contribution in [3.63, 3.8) is 0 Å². The van der Waals surface area contributed by atoms with Crippen LogP contribution in [-0.4, -0.2) is 22.4 Å². The molecule has 0 radical (unpaired) electrons. The highest BCUT2D eigenvalue weighted by molar-refractivity contribution is 5.76. The highest BCUT2D eigenvalue weighted by Gasteiger charge is 2.24.